The SMILES string of the molecule is CCCC(=O)N(CCNC(=O)CS)CCNC(=O)CS.CCCC(=O)N(CCNC(=O)CSC(C)=O)CCNC(=O)CSC(C)=O.Cl. The molecule has 0 aliphatic heterocycles. The Morgan fingerprint density at radius 2 is 0.809 bits per heavy atom. The number of thioether (sulfide) groups is 2. The van der Waals surface area contributed by atoms with Crippen LogP contribution in [0, 0.1) is 0 Å². The molecule has 6 amide bonds. The van der Waals surface area contributed by atoms with Gasteiger partial charge in [0.15, 0.2) is 10.2 Å². The van der Waals surface area contributed by atoms with E-state index in [9.17, 15) is 38.4 Å². The fraction of sp³-hybridized carbons (Fsp3) is 0.714. The molecule has 0 heterocycles. The lowest BCUT2D eigenvalue weighted by Gasteiger charge is -2.23. The second-order valence-corrected chi connectivity index (χ2v) is 12.5. The van der Waals surface area contributed by atoms with Crippen molar-refractivity contribution in [3.63, 3.8) is 0 Å². The van der Waals surface area contributed by atoms with Crippen molar-refractivity contribution in [1.29, 1.82) is 0 Å². The Bertz CT molecular complexity index is 939. The molecule has 0 bridgehead atoms. The number of hydrogen-bond acceptors (Lipinski definition) is 12. The highest BCUT2D eigenvalue weighted by Crippen LogP contribution is 2.01. The van der Waals surface area contributed by atoms with Gasteiger partial charge in [-0.05, 0) is 12.8 Å². The van der Waals surface area contributed by atoms with Gasteiger partial charge in [0.1, 0.15) is 0 Å². The molecule has 0 unspecified atom stereocenters. The zero-order valence-electron chi connectivity index (χ0n) is 27.6. The Morgan fingerprint density at radius 3 is 1.04 bits per heavy atom. The molecule has 0 aliphatic carbocycles. The number of carbonyl (C=O) groups is 8. The van der Waals surface area contributed by atoms with Crippen LogP contribution in [0.5, 0.6) is 0 Å². The Labute approximate surface area is 303 Å². The van der Waals surface area contributed by atoms with Crippen molar-refractivity contribution in [3.05, 3.63) is 0 Å². The molecule has 0 atom stereocenters. The Hall–Kier alpha value is -2.15. The van der Waals surface area contributed by atoms with Gasteiger partial charge in [-0.3, -0.25) is 38.4 Å². The highest BCUT2D eigenvalue weighted by Gasteiger charge is 2.15. The van der Waals surface area contributed by atoms with Crippen molar-refractivity contribution in [2.75, 3.05) is 75.4 Å². The molecule has 19 heteroatoms. The number of hydrogen-bond donors (Lipinski definition) is 6. The van der Waals surface area contributed by atoms with Gasteiger partial charge < -0.3 is 31.1 Å². The normalized spacial score (nSPS) is 9.83. The van der Waals surface area contributed by atoms with Gasteiger partial charge in [-0.2, -0.15) is 25.3 Å². The monoisotopic (exact) mass is 762 g/mol. The number of nitrogens with zero attached hydrogens (tertiary/aromatic N) is 2. The van der Waals surface area contributed by atoms with E-state index in [2.05, 4.69) is 46.5 Å². The fourth-order valence-corrected chi connectivity index (χ4v) is 4.43. The maximum Gasteiger partial charge on any atom is 0.230 e. The second-order valence-electron chi connectivity index (χ2n) is 9.54. The lowest BCUT2D eigenvalue weighted by atomic mass is 10.3. The minimum Gasteiger partial charge on any atom is -0.354 e. The van der Waals surface area contributed by atoms with Crippen molar-refractivity contribution < 1.29 is 38.4 Å². The summed E-state index contributed by atoms with van der Waals surface area (Å²) in [5.41, 5.74) is 0. The van der Waals surface area contributed by atoms with E-state index in [-0.39, 0.29) is 94.2 Å². The first-order chi connectivity index (χ1) is 21.8. The molecule has 0 fully saturated rings. The van der Waals surface area contributed by atoms with Crippen molar-refractivity contribution in [2.45, 2.75) is 53.4 Å². The lowest BCUT2D eigenvalue weighted by Crippen LogP contribution is -2.43. The predicted molar refractivity (Wildman–Crippen MR) is 196 cm³/mol. The topological polar surface area (TPSA) is 191 Å². The summed E-state index contributed by atoms with van der Waals surface area (Å²) in [6.45, 7) is 9.45. The van der Waals surface area contributed by atoms with Crippen LogP contribution >= 0.6 is 61.2 Å². The van der Waals surface area contributed by atoms with Crippen LogP contribution < -0.4 is 21.3 Å². The molecule has 272 valence electrons. The molecule has 0 rings (SSSR count). The van der Waals surface area contributed by atoms with Gasteiger partial charge in [0.05, 0.1) is 23.0 Å². The van der Waals surface area contributed by atoms with Crippen LogP contribution in [0.25, 0.3) is 0 Å². The van der Waals surface area contributed by atoms with Crippen LogP contribution in [0.1, 0.15) is 53.4 Å². The standard InChI is InChI=1S/C16H27N3O5S2.C12H23N3O3S2.ClH/c1-4-5-16(24)19(8-6-17-14(22)10-25-12(2)20)9-7-18-15(23)11-26-13(3)21;1-2-3-12(18)15(6-4-13-10(16)8-19)7-5-14-11(17)9-20;/h4-11H2,1-3H3,(H,17,22)(H,18,23);19-20H,2-9H2,1H3,(H,13,16)(H,14,17);1H. The number of halogens is 1. The molecule has 14 nitrogen and oxygen atoms in total. The number of rotatable bonds is 22. The molecule has 0 spiro atoms. The van der Waals surface area contributed by atoms with E-state index in [1.54, 1.807) is 9.80 Å². The Kier molecular flexibility index (Phi) is 33.9. The van der Waals surface area contributed by atoms with Gasteiger partial charge in [-0.1, -0.05) is 37.4 Å². The quantitative estimate of drug-likeness (QED) is 0.0850. The average Bonchev–Trinajstić information content (AvgIpc) is 3.01. The van der Waals surface area contributed by atoms with E-state index in [1.165, 1.54) is 13.8 Å². The van der Waals surface area contributed by atoms with Crippen molar-refractivity contribution in [1.82, 2.24) is 31.1 Å². The average molecular weight is 763 g/mol. The molecule has 0 saturated heterocycles. The van der Waals surface area contributed by atoms with Crippen molar-refractivity contribution in [2.24, 2.45) is 0 Å². The molecular formula is C28H51ClN6O8S4. The molecule has 47 heavy (non-hydrogen) atoms. The summed E-state index contributed by atoms with van der Waals surface area (Å²) in [5.74, 6) is -0.518. The Morgan fingerprint density at radius 1 is 0.532 bits per heavy atom. The fourth-order valence-electron chi connectivity index (χ4n) is 3.34. The molecule has 0 aromatic rings. The first-order valence-corrected chi connectivity index (χ1v) is 18.1. The molecule has 0 saturated carbocycles. The summed E-state index contributed by atoms with van der Waals surface area (Å²) in [6, 6.07) is 0. The minimum absolute atomic E-state index is 0. The maximum absolute atomic E-state index is 12.1. The van der Waals surface area contributed by atoms with Crippen molar-refractivity contribution >= 4 is 107 Å². The highest BCUT2D eigenvalue weighted by molar-refractivity contribution is 8.14. The van der Waals surface area contributed by atoms with Gasteiger partial charge in [-0.25, -0.2) is 0 Å². The zero-order chi connectivity index (χ0) is 35.3. The summed E-state index contributed by atoms with van der Waals surface area (Å²) in [6.07, 6.45) is 2.32. The summed E-state index contributed by atoms with van der Waals surface area (Å²) in [7, 11) is 0. The minimum atomic E-state index is -0.261. The zero-order valence-corrected chi connectivity index (χ0v) is 31.8. The molecule has 4 N–H and O–H groups in total. The van der Waals surface area contributed by atoms with Crippen molar-refractivity contribution in [3.8, 4) is 0 Å². The van der Waals surface area contributed by atoms with Gasteiger partial charge in [0, 0.05) is 79.0 Å². The number of thiol groups is 2. The van der Waals surface area contributed by atoms with Gasteiger partial charge in [-0.15, -0.1) is 12.4 Å². The van der Waals surface area contributed by atoms with Gasteiger partial charge >= 0.3 is 0 Å². The van der Waals surface area contributed by atoms with Crippen LogP contribution in [-0.4, -0.2) is 131 Å². The first-order valence-electron chi connectivity index (χ1n) is 14.9. The number of carbonyl (C=O) groups excluding carboxylic acids is 8. The summed E-state index contributed by atoms with van der Waals surface area (Å²) in [4.78, 5) is 94.2. The summed E-state index contributed by atoms with van der Waals surface area (Å²) in [5, 5.41) is 10.4. The third-order valence-corrected chi connectivity index (χ3v) is 7.75. The molecule has 0 aromatic carbocycles. The molecule has 0 aliphatic rings. The maximum atomic E-state index is 12.1. The van der Waals surface area contributed by atoms with E-state index < -0.39 is 0 Å². The third kappa shape index (κ3) is 30.9. The van der Waals surface area contributed by atoms with Gasteiger partial charge in [0.25, 0.3) is 0 Å². The van der Waals surface area contributed by atoms with Gasteiger partial charge in [0.2, 0.25) is 35.4 Å². The largest absolute Gasteiger partial charge is 0.354 e. The van der Waals surface area contributed by atoms with E-state index in [1.807, 2.05) is 13.8 Å². The van der Waals surface area contributed by atoms with Crippen LogP contribution in [-0.2, 0) is 38.4 Å². The molecular weight excluding hydrogens is 712 g/mol. The lowest BCUT2D eigenvalue weighted by molar-refractivity contribution is -0.132. The second kappa shape index (κ2) is 32.4. The van der Waals surface area contributed by atoms with E-state index >= 15 is 0 Å². The first kappa shape index (κ1) is 49.2. The number of amides is 6. The van der Waals surface area contributed by atoms with Crippen LogP contribution in [0.3, 0.4) is 0 Å². The van der Waals surface area contributed by atoms with E-state index in [4.69, 9.17) is 0 Å². The van der Waals surface area contributed by atoms with Crippen LogP contribution in [0.15, 0.2) is 0 Å². The smallest absolute Gasteiger partial charge is 0.230 e. The third-order valence-electron chi connectivity index (χ3n) is 5.55. The Balaban J connectivity index is -0.000000833. The van der Waals surface area contributed by atoms with E-state index in [0.29, 0.717) is 58.5 Å². The number of nitrogens with one attached hydrogen (secondary N) is 4. The predicted octanol–water partition coefficient (Wildman–Crippen LogP) is 0.536. The van der Waals surface area contributed by atoms with E-state index in [0.717, 1.165) is 29.9 Å². The summed E-state index contributed by atoms with van der Waals surface area (Å²) >= 11 is 9.58. The highest BCUT2D eigenvalue weighted by atomic mass is 35.5. The molecule has 0 radical (unpaired) electrons. The molecule has 0 aromatic heterocycles. The van der Waals surface area contributed by atoms with Crippen LogP contribution in [0.4, 0.5) is 0 Å². The van der Waals surface area contributed by atoms with Crippen LogP contribution in [0.2, 0.25) is 0 Å². The summed E-state index contributed by atoms with van der Waals surface area (Å²) < 4.78 is 0.